The van der Waals surface area contributed by atoms with E-state index in [9.17, 15) is 9.59 Å². The highest BCUT2D eigenvalue weighted by Crippen LogP contribution is 2.29. The SMILES string of the molecule is O=c1[nH]c2cc(CN3CCOCC3)ccc2c2c1CCCN2.O=c1[nH]c2cc(CN3CCOCC3)ccc2c2c1CCCN2. The van der Waals surface area contributed by atoms with Gasteiger partial charge >= 0.3 is 0 Å². The zero-order valence-corrected chi connectivity index (χ0v) is 25.3. The molecule has 232 valence electrons. The molecule has 6 heterocycles. The molecule has 0 unspecified atom stereocenters. The Labute approximate surface area is 256 Å². The Bertz CT molecular complexity index is 1620. The highest BCUT2D eigenvalue weighted by molar-refractivity contribution is 5.94. The predicted molar refractivity (Wildman–Crippen MR) is 175 cm³/mol. The fourth-order valence-corrected chi connectivity index (χ4v) is 6.84. The van der Waals surface area contributed by atoms with E-state index in [-0.39, 0.29) is 11.1 Å². The van der Waals surface area contributed by atoms with Gasteiger partial charge in [0.1, 0.15) is 0 Å². The Hall–Kier alpha value is -3.70. The third kappa shape index (κ3) is 6.25. The normalized spacial score (nSPS) is 18.9. The molecule has 2 aromatic heterocycles. The summed E-state index contributed by atoms with van der Waals surface area (Å²) in [5.74, 6) is 0. The van der Waals surface area contributed by atoms with Gasteiger partial charge in [-0.05, 0) is 48.9 Å². The summed E-state index contributed by atoms with van der Waals surface area (Å²) >= 11 is 0. The first-order chi connectivity index (χ1) is 21.6. The molecule has 8 rings (SSSR count). The molecular formula is C34H42N6O4. The zero-order valence-electron chi connectivity index (χ0n) is 25.3. The van der Waals surface area contributed by atoms with Crippen molar-refractivity contribution in [2.75, 3.05) is 76.3 Å². The third-order valence-corrected chi connectivity index (χ3v) is 9.19. The van der Waals surface area contributed by atoms with Crippen molar-refractivity contribution in [1.29, 1.82) is 0 Å². The summed E-state index contributed by atoms with van der Waals surface area (Å²) in [6, 6.07) is 12.8. The van der Waals surface area contributed by atoms with Crippen molar-refractivity contribution in [3.8, 4) is 0 Å². The summed E-state index contributed by atoms with van der Waals surface area (Å²) in [5, 5.41) is 9.05. The molecule has 2 saturated heterocycles. The van der Waals surface area contributed by atoms with Gasteiger partial charge in [-0.3, -0.25) is 19.4 Å². The second-order valence-electron chi connectivity index (χ2n) is 12.2. The summed E-state index contributed by atoms with van der Waals surface area (Å²) in [6.07, 6.45) is 3.78. The van der Waals surface area contributed by atoms with E-state index in [4.69, 9.17) is 9.47 Å². The molecule has 0 saturated carbocycles. The monoisotopic (exact) mass is 598 g/mol. The Balaban J connectivity index is 0.000000142. The van der Waals surface area contributed by atoms with E-state index in [1.807, 2.05) is 0 Å². The Morgan fingerprint density at radius 3 is 1.48 bits per heavy atom. The molecule has 0 aliphatic carbocycles. The van der Waals surface area contributed by atoms with Crippen LogP contribution >= 0.6 is 0 Å². The van der Waals surface area contributed by atoms with Crippen molar-refractivity contribution in [1.82, 2.24) is 19.8 Å². The van der Waals surface area contributed by atoms with Crippen LogP contribution in [0.5, 0.6) is 0 Å². The number of hydrogen-bond donors (Lipinski definition) is 4. The zero-order chi connectivity index (χ0) is 29.9. The van der Waals surface area contributed by atoms with Crippen LogP contribution in [0.25, 0.3) is 21.8 Å². The number of pyridine rings is 2. The van der Waals surface area contributed by atoms with Crippen LogP contribution in [-0.2, 0) is 35.4 Å². The lowest BCUT2D eigenvalue weighted by atomic mass is 10.0. The quantitative estimate of drug-likeness (QED) is 0.283. The lowest BCUT2D eigenvalue weighted by Crippen LogP contribution is -2.35. The maximum atomic E-state index is 12.3. The highest BCUT2D eigenvalue weighted by atomic mass is 16.5. The van der Waals surface area contributed by atoms with Gasteiger partial charge in [-0.15, -0.1) is 0 Å². The Kier molecular flexibility index (Phi) is 8.65. The average Bonchev–Trinajstić information content (AvgIpc) is 3.06. The fraction of sp³-hybridized carbons (Fsp3) is 0.471. The number of nitrogens with one attached hydrogen (secondary N) is 4. The van der Waals surface area contributed by atoms with E-state index < -0.39 is 0 Å². The van der Waals surface area contributed by atoms with E-state index in [2.05, 4.69) is 66.8 Å². The number of aromatic nitrogens is 2. The number of hydrogen-bond acceptors (Lipinski definition) is 8. The smallest absolute Gasteiger partial charge is 0.253 e. The van der Waals surface area contributed by atoms with Gasteiger partial charge in [0.25, 0.3) is 11.1 Å². The Morgan fingerprint density at radius 2 is 1.05 bits per heavy atom. The topological polar surface area (TPSA) is 115 Å². The molecule has 0 amide bonds. The highest BCUT2D eigenvalue weighted by Gasteiger charge is 2.18. The van der Waals surface area contributed by atoms with Crippen molar-refractivity contribution >= 4 is 33.2 Å². The second-order valence-corrected chi connectivity index (χ2v) is 12.2. The van der Waals surface area contributed by atoms with Crippen molar-refractivity contribution in [3.63, 3.8) is 0 Å². The number of aromatic amines is 2. The van der Waals surface area contributed by atoms with E-state index in [0.717, 1.165) is 149 Å². The van der Waals surface area contributed by atoms with Crippen LogP contribution in [0, 0.1) is 0 Å². The van der Waals surface area contributed by atoms with E-state index in [0.29, 0.717) is 0 Å². The molecule has 2 fully saturated rings. The van der Waals surface area contributed by atoms with Crippen LogP contribution in [0.15, 0.2) is 46.0 Å². The van der Waals surface area contributed by atoms with Crippen LogP contribution < -0.4 is 21.8 Å². The molecule has 44 heavy (non-hydrogen) atoms. The van der Waals surface area contributed by atoms with Gasteiger partial charge in [-0.1, -0.05) is 24.3 Å². The number of anilines is 2. The maximum Gasteiger partial charge on any atom is 0.253 e. The maximum absolute atomic E-state index is 12.3. The van der Waals surface area contributed by atoms with Gasteiger partial charge < -0.3 is 30.1 Å². The summed E-state index contributed by atoms with van der Waals surface area (Å²) in [7, 11) is 0. The lowest BCUT2D eigenvalue weighted by Gasteiger charge is -2.26. The lowest BCUT2D eigenvalue weighted by molar-refractivity contribution is 0.0341. The fourth-order valence-electron chi connectivity index (χ4n) is 6.84. The van der Waals surface area contributed by atoms with Crippen LogP contribution in [0.2, 0.25) is 0 Å². The number of H-pyrrole nitrogens is 2. The third-order valence-electron chi connectivity index (χ3n) is 9.19. The minimum absolute atomic E-state index is 0.0539. The summed E-state index contributed by atoms with van der Waals surface area (Å²) in [5.41, 5.74) is 8.32. The number of ether oxygens (including phenoxy) is 2. The molecule has 0 atom stereocenters. The van der Waals surface area contributed by atoms with Crippen molar-refractivity contribution in [3.05, 3.63) is 79.4 Å². The molecule has 2 aromatic carbocycles. The Morgan fingerprint density at radius 1 is 0.614 bits per heavy atom. The molecule has 4 aliphatic heterocycles. The molecule has 0 spiro atoms. The summed E-state index contributed by atoms with van der Waals surface area (Å²) in [6.45, 7) is 10.8. The number of fused-ring (bicyclic) bond motifs is 6. The second kappa shape index (κ2) is 13.1. The number of nitrogens with zero attached hydrogens (tertiary/aromatic N) is 2. The number of benzene rings is 2. The van der Waals surface area contributed by atoms with E-state index in [1.54, 1.807) is 0 Å². The van der Waals surface area contributed by atoms with Crippen LogP contribution in [0.3, 0.4) is 0 Å². The molecule has 4 aliphatic rings. The van der Waals surface area contributed by atoms with E-state index in [1.165, 1.54) is 11.1 Å². The van der Waals surface area contributed by atoms with E-state index >= 15 is 0 Å². The van der Waals surface area contributed by atoms with Gasteiger partial charge in [0.2, 0.25) is 0 Å². The first kappa shape index (κ1) is 29.0. The first-order valence-corrected chi connectivity index (χ1v) is 16.1. The minimum Gasteiger partial charge on any atom is -0.384 e. The largest absolute Gasteiger partial charge is 0.384 e. The average molecular weight is 599 g/mol. The molecule has 10 nitrogen and oxygen atoms in total. The first-order valence-electron chi connectivity index (χ1n) is 16.1. The van der Waals surface area contributed by atoms with Gasteiger partial charge in [-0.2, -0.15) is 0 Å². The summed E-state index contributed by atoms with van der Waals surface area (Å²) in [4.78, 5) is 35.4. The predicted octanol–water partition coefficient (Wildman–Crippen LogP) is 3.44. The molecule has 0 bridgehead atoms. The summed E-state index contributed by atoms with van der Waals surface area (Å²) < 4.78 is 10.8. The van der Waals surface area contributed by atoms with Crippen molar-refractivity contribution < 1.29 is 9.47 Å². The molecular weight excluding hydrogens is 556 g/mol. The number of rotatable bonds is 4. The van der Waals surface area contributed by atoms with Gasteiger partial charge in [0.15, 0.2) is 0 Å². The van der Waals surface area contributed by atoms with Crippen LogP contribution in [-0.4, -0.2) is 85.5 Å². The number of morpholine rings is 2. The molecule has 4 N–H and O–H groups in total. The van der Waals surface area contributed by atoms with Gasteiger partial charge in [-0.25, -0.2) is 0 Å². The molecule has 4 aromatic rings. The minimum atomic E-state index is 0.0539. The van der Waals surface area contributed by atoms with Crippen molar-refractivity contribution in [2.45, 2.75) is 38.8 Å². The van der Waals surface area contributed by atoms with Crippen molar-refractivity contribution in [2.24, 2.45) is 0 Å². The van der Waals surface area contributed by atoms with Gasteiger partial charge in [0, 0.05) is 74.3 Å². The molecule has 10 heteroatoms. The standard InChI is InChI=1S/2C17H21N3O2/c2*21-17-14-2-1-5-18-16(14)13-4-3-12(10-15(13)19-17)11-20-6-8-22-9-7-20/h2*3-4,10,18H,1-2,5-9,11H2,(H,19,21). The van der Waals surface area contributed by atoms with Crippen LogP contribution in [0.4, 0.5) is 11.4 Å². The van der Waals surface area contributed by atoms with Gasteiger partial charge in [0.05, 0.1) is 48.8 Å². The molecule has 0 radical (unpaired) electrons. The van der Waals surface area contributed by atoms with Crippen LogP contribution in [0.1, 0.15) is 35.1 Å².